The van der Waals surface area contributed by atoms with Gasteiger partial charge in [-0.2, -0.15) is 0 Å². The summed E-state index contributed by atoms with van der Waals surface area (Å²) in [6.07, 6.45) is -2.06. The highest BCUT2D eigenvalue weighted by atomic mass is 16.3. The largest absolute Gasteiger partial charge is 0.391 e. The maximum absolute atomic E-state index is 10.7. The zero-order chi connectivity index (χ0) is 9.23. The van der Waals surface area contributed by atoms with Crippen LogP contribution in [0, 0.1) is 5.41 Å². The van der Waals surface area contributed by atoms with Crippen LogP contribution in [0.5, 0.6) is 0 Å². The molecule has 2 atom stereocenters. The topological polar surface area (TPSA) is 83.6 Å². The van der Waals surface area contributed by atoms with Crippen LogP contribution in [0.3, 0.4) is 0 Å². The van der Waals surface area contributed by atoms with Gasteiger partial charge in [0.25, 0.3) is 0 Å². The van der Waals surface area contributed by atoms with Crippen molar-refractivity contribution in [3.8, 4) is 0 Å². The summed E-state index contributed by atoms with van der Waals surface area (Å²) in [6.45, 7) is 4.40. The monoisotopic (exact) mass is 161 g/mol. The van der Waals surface area contributed by atoms with E-state index in [0.717, 1.165) is 0 Å². The van der Waals surface area contributed by atoms with E-state index in [-0.39, 0.29) is 0 Å². The van der Waals surface area contributed by atoms with E-state index in [1.807, 2.05) is 0 Å². The Morgan fingerprint density at radius 2 is 1.82 bits per heavy atom. The van der Waals surface area contributed by atoms with Gasteiger partial charge in [-0.15, -0.1) is 0 Å². The number of hydrogen-bond donors (Lipinski definition) is 3. The van der Waals surface area contributed by atoms with Crippen molar-refractivity contribution < 1.29 is 15.0 Å². The van der Waals surface area contributed by atoms with E-state index >= 15 is 0 Å². The minimum atomic E-state index is -1.11. The molecule has 0 spiro atoms. The number of nitrogens with two attached hydrogens (primary N) is 1. The van der Waals surface area contributed by atoms with Crippen molar-refractivity contribution in [2.75, 3.05) is 0 Å². The number of aliphatic hydroxyl groups excluding tert-OH is 2. The van der Waals surface area contributed by atoms with E-state index in [0.29, 0.717) is 0 Å². The first-order chi connectivity index (χ1) is 4.80. The number of carbonyl (C=O) groups is 1. The van der Waals surface area contributed by atoms with Gasteiger partial charge in [0.15, 0.2) is 0 Å². The van der Waals surface area contributed by atoms with E-state index < -0.39 is 23.5 Å². The zero-order valence-electron chi connectivity index (χ0n) is 7.03. The van der Waals surface area contributed by atoms with Crippen LogP contribution in [0.25, 0.3) is 0 Å². The Hall–Kier alpha value is -0.610. The lowest BCUT2D eigenvalue weighted by Crippen LogP contribution is -2.46. The average Bonchev–Trinajstić information content (AvgIpc) is 1.85. The molecule has 0 rings (SSSR count). The molecular formula is C7H15NO3. The van der Waals surface area contributed by atoms with Gasteiger partial charge < -0.3 is 15.9 Å². The van der Waals surface area contributed by atoms with Gasteiger partial charge >= 0.3 is 0 Å². The van der Waals surface area contributed by atoms with Crippen molar-refractivity contribution >= 4 is 5.91 Å². The van der Waals surface area contributed by atoms with Gasteiger partial charge in [0, 0.05) is 0 Å². The summed E-state index contributed by atoms with van der Waals surface area (Å²) in [7, 11) is 0. The first-order valence-corrected chi connectivity index (χ1v) is 3.46. The Bertz CT molecular complexity index is 154. The van der Waals surface area contributed by atoms with Gasteiger partial charge in [-0.3, -0.25) is 4.79 Å². The lowest BCUT2D eigenvalue weighted by molar-refractivity contribution is -0.137. The van der Waals surface area contributed by atoms with Gasteiger partial charge in [-0.1, -0.05) is 0 Å². The third-order valence-electron chi connectivity index (χ3n) is 1.83. The Kier molecular flexibility index (Phi) is 3.02. The van der Waals surface area contributed by atoms with Crippen molar-refractivity contribution in [2.45, 2.75) is 33.0 Å². The van der Waals surface area contributed by atoms with Crippen LogP contribution < -0.4 is 5.73 Å². The maximum Gasteiger partial charge on any atom is 0.225 e. The Labute approximate surface area is 66.0 Å². The van der Waals surface area contributed by atoms with Gasteiger partial charge in [-0.05, 0) is 20.8 Å². The second-order valence-electron chi connectivity index (χ2n) is 3.27. The van der Waals surface area contributed by atoms with Crippen LogP contribution in [0.15, 0.2) is 0 Å². The molecule has 0 aliphatic heterocycles. The van der Waals surface area contributed by atoms with Crippen LogP contribution in [0.4, 0.5) is 0 Å². The van der Waals surface area contributed by atoms with E-state index in [2.05, 4.69) is 0 Å². The molecule has 0 bridgehead atoms. The highest BCUT2D eigenvalue weighted by Crippen LogP contribution is 2.22. The summed E-state index contributed by atoms with van der Waals surface area (Å²) in [5.74, 6) is -0.620. The highest BCUT2D eigenvalue weighted by molar-refractivity contribution is 5.80. The molecule has 2 unspecified atom stereocenters. The molecule has 0 aliphatic carbocycles. The van der Waals surface area contributed by atoms with Gasteiger partial charge in [-0.25, -0.2) is 0 Å². The van der Waals surface area contributed by atoms with Crippen molar-refractivity contribution in [1.29, 1.82) is 0 Å². The maximum atomic E-state index is 10.7. The molecule has 1 amide bonds. The molecule has 0 aromatic heterocycles. The SMILES string of the molecule is CC(O)C(O)C(C)(C)C(N)=O. The highest BCUT2D eigenvalue weighted by Gasteiger charge is 2.36. The molecule has 0 aromatic carbocycles. The second kappa shape index (κ2) is 3.19. The van der Waals surface area contributed by atoms with E-state index in [9.17, 15) is 9.90 Å². The minimum absolute atomic E-state index is 0.620. The first kappa shape index (κ1) is 10.4. The molecule has 0 saturated heterocycles. The Balaban J connectivity index is 4.42. The van der Waals surface area contributed by atoms with Crippen LogP contribution in [-0.4, -0.2) is 28.3 Å². The number of carbonyl (C=O) groups excluding carboxylic acids is 1. The lowest BCUT2D eigenvalue weighted by Gasteiger charge is -2.28. The van der Waals surface area contributed by atoms with Gasteiger partial charge in [0.05, 0.1) is 17.6 Å². The molecule has 0 saturated carbocycles. The smallest absolute Gasteiger partial charge is 0.225 e. The molecule has 4 nitrogen and oxygen atoms in total. The van der Waals surface area contributed by atoms with E-state index in [1.165, 1.54) is 20.8 Å². The van der Waals surface area contributed by atoms with Crippen LogP contribution in [0.1, 0.15) is 20.8 Å². The van der Waals surface area contributed by atoms with E-state index in [1.54, 1.807) is 0 Å². The first-order valence-electron chi connectivity index (χ1n) is 3.46. The third kappa shape index (κ3) is 2.17. The summed E-state index contributed by atoms with van der Waals surface area (Å²) in [6, 6.07) is 0. The molecule has 0 fully saturated rings. The van der Waals surface area contributed by atoms with Crippen LogP contribution in [0.2, 0.25) is 0 Å². The molecule has 0 aliphatic rings. The number of hydrogen-bond acceptors (Lipinski definition) is 3. The van der Waals surface area contributed by atoms with E-state index in [4.69, 9.17) is 10.8 Å². The van der Waals surface area contributed by atoms with Crippen molar-refractivity contribution in [1.82, 2.24) is 0 Å². The minimum Gasteiger partial charge on any atom is -0.391 e. The van der Waals surface area contributed by atoms with Crippen molar-refractivity contribution in [3.63, 3.8) is 0 Å². The number of rotatable bonds is 3. The molecule has 4 heteroatoms. The second-order valence-corrected chi connectivity index (χ2v) is 3.27. The lowest BCUT2D eigenvalue weighted by atomic mass is 9.83. The number of aliphatic hydroxyl groups is 2. The fourth-order valence-electron chi connectivity index (χ4n) is 0.749. The molecule has 11 heavy (non-hydrogen) atoms. The average molecular weight is 161 g/mol. The number of amides is 1. The molecule has 66 valence electrons. The summed E-state index contributed by atoms with van der Waals surface area (Å²) in [5, 5.41) is 18.2. The quantitative estimate of drug-likeness (QED) is 0.508. The molecule has 0 radical (unpaired) electrons. The van der Waals surface area contributed by atoms with Crippen LogP contribution >= 0.6 is 0 Å². The van der Waals surface area contributed by atoms with Crippen molar-refractivity contribution in [3.05, 3.63) is 0 Å². The predicted molar refractivity (Wildman–Crippen MR) is 40.7 cm³/mol. The summed E-state index contributed by atoms with van der Waals surface area (Å²) in [5.41, 5.74) is 3.92. The zero-order valence-corrected chi connectivity index (χ0v) is 7.03. The standard InChI is InChI=1S/C7H15NO3/c1-4(9)5(10)7(2,3)6(8)11/h4-5,9-10H,1-3H3,(H2,8,11). The molecular weight excluding hydrogens is 146 g/mol. The number of primary amides is 1. The third-order valence-corrected chi connectivity index (χ3v) is 1.83. The molecule has 4 N–H and O–H groups in total. The van der Waals surface area contributed by atoms with Gasteiger partial charge in [0.1, 0.15) is 0 Å². The fraction of sp³-hybridized carbons (Fsp3) is 0.857. The van der Waals surface area contributed by atoms with Crippen LogP contribution in [-0.2, 0) is 4.79 Å². The van der Waals surface area contributed by atoms with Gasteiger partial charge in [0.2, 0.25) is 5.91 Å². The fourth-order valence-corrected chi connectivity index (χ4v) is 0.749. The van der Waals surface area contributed by atoms with Crippen molar-refractivity contribution in [2.24, 2.45) is 11.1 Å². The molecule has 0 heterocycles. The summed E-state index contributed by atoms with van der Waals surface area (Å²) >= 11 is 0. The molecule has 0 aromatic rings. The summed E-state index contributed by atoms with van der Waals surface area (Å²) < 4.78 is 0. The predicted octanol–water partition coefficient (Wildman–Crippen LogP) is -0.760. The Morgan fingerprint density at radius 1 is 1.45 bits per heavy atom. The summed E-state index contributed by atoms with van der Waals surface area (Å²) in [4.78, 5) is 10.7. The normalized spacial score (nSPS) is 17.5. The Morgan fingerprint density at radius 3 is 1.91 bits per heavy atom.